The van der Waals surface area contributed by atoms with Gasteiger partial charge in [-0.15, -0.1) is 0 Å². The summed E-state index contributed by atoms with van der Waals surface area (Å²) in [6.07, 6.45) is -1.22. The molecule has 1 aliphatic heterocycles. The van der Waals surface area contributed by atoms with Crippen molar-refractivity contribution in [3.8, 4) is 11.5 Å². The van der Waals surface area contributed by atoms with Gasteiger partial charge in [-0.25, -0.2) is 9.78 Å². The number of alkyl halides is 3. The second-order valence-electron chi connectivity index (χ2n) is 6.82. The van der Waals surface area contributed by atoms with Crippen LogP contribution in [0.3, 0.4) is 0 Å². The fourth-order valence-corrected chi connectivity index (χ4v) is 3.17. The lowest BCUT2D eigenvalue weighted by atomic mass is 10.1. The molecule has 10 heteroatoms. The van der Waals surface area contributed by atoms with Gasteiger partial charge in [-0.1, -0.05) is 6.07 Å². The molecule has 2 amide bonds. The minimum atomic E-state index is -4.48. The molecule has 2 aromatic rings. The molecule has 0 saturated carbocycles. The van der Waals surface area contributed by atoms with Crippen molar-refractivity contribution in [2.45, 2.75) is 25.1 Å². The number of nitrogens with one attached hydrogen (secondary N) is 2. The maximum absolute atomic E-state index is 12.4. The Hall–Kier alpha value is -3.17. The molecule has 162 valence electrons. The highest BCUT2D eigenvalue weighted by molar-refractivity contribution is 5.89. The lowest BCUT2D eigenvalue weighted by molar-refractivity contribution is -0.153. The van der Waals surface area contributed by atoms with Crippen molar-refractivity contribution >= 4 is 17.5 Å². The number of carbonyl (C=O) groups is 1. The molecule has 0 radical (unpaired) electrons. The number of nitrogens with zero attached hydrogens (tertiary/aromatic N) is 2. The molecule has 0 aliphatic carbocycles. The first-order chi connectivity index (χ1) is 14.3. The van der Waals surface area contributed by atoms with Crippen molar-refractivity contribution in [3.63, 3.8) is 0 Å². The first-order valence-corrected chi connectivity index (χ1v) is 9.45. The molecule has 2 heterocycles. The predicted molar refractivity (Wildman–Crippen MR) is 106 cm³/mol. The zero-order valence-corrected chi connectivity index (χ0v) is 16.4. The number of benzene rings is 1. The van der Waals surface area contributed by atoms with Crippen LogP contribution in [0.2, 0.25) is 0 Å². The Balaban J connectivity index is 1.52. The fourth-order valence-electron chi connectivity index (χ4n) is 3.17. The first kappa shape index (κ1) is 21.5. The highest BCUT2D eigenvalue weighted by Gasteiger charge is 2.29. The van der Waals surface area contributed by atoms with Gasteiger partial charge in [0.15, 0.2) is 18.1 Å². The number of pyridine rings is 1. The maximum atomic E-state index is 12.4. The second kappa shape index (κ2) is 9.55. The molecule has 0 unspecified atom stereocenters. The van der Waals surface area contributed by atoms with E-state index in [1.807, 2.05) is 18.2 Å². The molecule has 7 nitrogen and oxygen atoms in total. The minimum Gasteiger partial charge on any atom is -0.493 e. The van der Waals surface area contributed by atoms with Crippen molar-refractivity contribution in [2.24, 2.45) is 0 Å². The van der Waals surface area contributed by atoms with Gasteiger partial charge in [-0.05, 0) is 37.1 Å². The van der Waals surface area contributed by atoms with Gasteiger partial charge < -0.3 is 25.0 Å². The highest BCUT2D eigenvalue weighted by atomic mass is 19.4. The standard InChI is InChI=1S/C20H23F3N4O3/c1-29-16-6-5-15(12-17(16)30-13-20(21,22)23)26-19(28)25-14-7-10-27(11-8-14)18-4-2-3-9-24-18/h2-6,9,12,14H,7-8,10-11,13H2,1H3,(H2,25,26,28). The highest BCUT2D eigenvalue weighted by Crippen LogP contribution is 2.31. The second-order valence-corrected chi connectivity index (χ2v) is 6.82. The number of anilines is 2. The van der Waals surface area contributed by atoms with Gasteiger partial charge in [-0.3, -0.25) is 0 Å². The SMILES string of the molecule is COc1ccc(NC(=O)NC2CCN(c3ccccn3)CC2)cc1OCC(F)(F)F. The van der Waals surface area contributed by atoms with Crippen LogP contribution in [0.5, 0.6) is 11.5 Å². The summed E-state index contributed by atoms with van der Waals surface area (Å²) >= 11 is 0. The summed E-state index contributed by atoms with van der Waals surface area (Å²) in [6, 6.07) is 9.57. The molecule has 1 fully saturated rings. The van der Waals surface area contributed by atoms with Crippen LogP contribution in [0.1, 0.15) is 12.8 Å². The van der Waals surface area contributed by atoms with Crippen molar-refractivity contribution in [1.82, 2.24) is 10.3 Å². The van der Waals surface area contributed by atoms with Crippen LogP contribution in [0.4, 0.5) is 29.5 Å². The normalized spacial score (nSPS) is 14.9. The van der Waals surface area contributed by atoms with Crippen LogP contribution in [0.15, 0.2) is 42.6 Å². The average molecular weight is 424 g/mol. The zero-order valence-electron chi connectivity index (χ0n) is 16.4. The first-order valence-electron chi connectivity index (χ1n) is 9.45. The number of rotatable bonds is 6. The van der Waals surface area contributed by atoms with Crippen molar-refractivity contribution in [1.29, 1.82) is 0 Å². The Morgan fingerprint density at radius 2 is 1.97 bits per heavy atom. The molecule has 30 heavy (non-hydrogen) atoms. The number of amides is 2. The fraction of sp³-hybridized carbons (Fsp3) is 0.400. The number of urea groups is 1. The van der Waals surface area contributed by atoms with E-state index in [4.69, 9.17) is 9.47 Å². The van der Waals surface area contributed by atoms with Crippen LogP contribution in [-0.4, -0.2) is 50.0 Å². The largest absolute Gasteiger partial charge is 0.493 e. The quantitative estimate of drug-likeness (QED) is 0.737. The topological polar surface area (TPSA) is 75.7 Å². The van der Waals surface area contributed by atoms with E-state index in [9.17, 15) is 18.0 Å². The number of hydrogen-bond donors (Lipinski definition) is 2. The number of methoxy groups -OCH3 is 1. The van der Waals surface area contributed by atoms with E-state index < -0.39 is 18.8 Å². The molecule has 2 N–H and O–H groups in total. The van der Waals surface area contributed by atoms with E-state index >= 15 is 0 Å². The van der Waals surface area contributed by atoms with Crippen LogP contribution >= 0.6 is 0 Å². The molecular weight excluding hydrogens is 401 g/mol. The summed E-state index contributed by atoms with van der Waals surface area (Å²) in [5.41, 5.74) is 0.302. The number of carbonyl (C=O) groups excluding carboxylic acids is 1. The summed E-state index contributed by atoms with van der Waals surface area (Å²) in [6.45, 7) is 0.0771. The number of ether oxygens (including phenoxy) is 2. The summed E-state index contributed by atoms with van der Waals surface area (Å²) < 4.78 is 47.1. The van der Waals surface area contributed by atoms with Crippen LogP contribution < -0.4 is 25.0 Å². The molecule has 1 aromatic carbocycles. The Bertz CT molecular complexity index is 841. The molecule has 1 aliphatic rings. The molecule has 0 spiro atoms. The van der Waals surface area contributed by atoms with E-state index in [1.54, 1.807) is 6.20 Å². The van der Waals surface area contributed by atoms with Crippen LogP contribution in [0, 0.1) is 0 Å². The smallest absolute Gasteiger partial charge is 0.422 e. The third-order valence-electron chi connectivity index (χ3n) is 4.62. The van der Waals surface area contributed by atoms with Gasteiger partial charge in [0.25, 0.3) is 0 Å². The predicted octanol–water partition coefficient (Wildman–Crippen LogP) is 3.82. The van der Waals surface area contributed by atoms with Gasteiger partial charge in [0.05, 0.1) is 7.11 Å². The molecular formula is C20H23F3N4O3. The number of aromatic nitrogens is 1. The Labute approximate surface area is 172 Å². The van der Waals surface area contributed by atoms with E-state index in [-0.39, 0.29) is 17.5 Å². The number of piperidine rings is 1. The summed E-state index contributed by atoms with van der Waals surface area (Å²) in [5, 5.41) is 5.52. The maximum Gasteiger partial charge on any atom is 0.422 e. The summed E-state index contributed by atoms with van der Waals surface area (Å²) in [4.78, 5) is 18.8. The lowest BCUT2D eigenvalue weighted by Gasteiger charge is -2.33. The van der Waals surface area contributed by atoms with Crippen LogP contribution in [0.25, 0.3) is 0 Å². The lowest BCUT2D eigenvalue weighted by Crippen LogP contribution is -2.46. The third-order valence-corrected chi connectivity index (χ3v) is 4.62. The Morgan fingerprint density at radius 3 is 2.60 bits per heavy atom. The number of halogens is 3. The summed E-state index contributed by atoms with van der Waals surface area (Å²) in [5.74, 6) is 0.952. The van der Waals surface area contributed by atoms with E-state index in [0.717, 1.165) is 31.7 Å². The average Bonchev–Trinajstić information content (AvgIpc) is 2.73. The van der Waals surface area contributed by atoms with Crippen molar-refractivity contribution < 1.29 is 27.4 Å². The van der Waals surface area contributed by atoms with Gasteiger partial charge in [-0.2, -0.15) is 13.2 Å². The Kier molecular flexibility index (Phi) is 6.86. The molecule has 0 bridgehead atoms. The molecule has 1 aromatic heterocycles. The number of hydrogen-bond acceptors (Lipinski definition) is 5. The van der Waals surface area contributed by atoms with Crippen molar-refractivity contribution in [3.05, 3.63) is 42.6 Å². The van der Waals surface area contributed by atoms with E-state index in [0.29, 0.717) is 5.69 Å². The zero-order chi connectivity index (χ0) is 21.6. The summed E-state index contributed by atoms with van der Waals surface area (Å²) in [7, 11) is 1.33. The molecule has 0 atom stereocenters. The molecule has 3 rings (SSSR count). The van der Waals surface area contributed by atoms with Crippen LogP contribution in [-0.2, 0) is 0 Å². The van der Waals surface area contributed by atoms with Gasteiger partial charge in [0.2, 0.25) is 0 Å². The van der Waals surface area contributed by atoms with Crippen molar-refractivity contribution in [2.75, 3.05) is 37.0 Å². The monoisotopic (exact) mass is 424 g/mol. The van der Waals surface area contributed by atoms with E-state index in [2.05, 4.69) is 20.5 Å². The van der Waals surface area contributed by atoms with Gasteiger partial charge in [0, 0.05) is 37.1 Å². The third kappa shape index (κ3) is 6.16. The van der Waals surface area contributed by atoms with Gasteiger partial charge in [0.1, 0.15) is 5.82 Å². The Morgan fingerprint density at radius 1 is 1.20 bits per heavy atom. The van der Waals surface area contributed by atoms with E-state index in [1.165, 1.54) is 25.3 Å². The molecule has 1 saturated heterocycles. The van der Waals surface area contributed by atoms with Gasteiger partial charge >= 0.3 is 12.2 Å². The minimum absolute atomic E-state index is 0.0100.